The molecule has 8 heteroatoms. The Morgan fingerprint density at radius 1 is 0.857 bits per heavy atom. The molecule has 2 aromatic rings. The van der Waals surface area contributed by atoms with E-state index in [-0.39, 0.29) is 14.7 Å². The van der Waals surface area contributed by atoms with Gasteiger partial charge in [-0.3, -0.25) is 0 Å². The topological polar surface area (TPSA) is 68.3 Å². The Bertz CT molecular complexity index is 886. The van der Waals surface area contributed by atoms with Gasteiger partial charge in [0.1, 0.15) is 0 Å². The first-order chi connectivity index (χ1) is 9.62. The van der Waals surface area contributed by atoms with Crippen molar-refractivity contribution < 1.29 is 16.8 Å². The lowest BCUT2D eigenvalue weighted by atomic mass is 10.2. The molecule has 0 radical (unpaired) electrons. The van der Waals surface area contributed by atoms with Crippen LogP contribution in [0.3, 0.4) is 0 Å². The first-order valence-corrected chi connectivity index (χ1v) is 9.85. The van der Waals surface area contributed by atoms with Crippen LogP contribution in [0.5, 0.6) is 0 Å². The molecule has 0 spiro atoms. The molecule has 0 N–H and O–H groups in total. The predicted octanol–water partition coefficient (Wildman–Crippen LogP) is 3.41. The van der Waals surface area contributed by atoms with Crippen LogP contribution in [-0.4, -0.2) is 16.8 Å². The third-order valence-electron chi connectivity index (χ3n) is 2.86. The van der Waals surface area contributed by atoms with Crippen LogP contribution >= 0.6 is 22.3 Å². The van der Waals surface area contributed by atoms with Crippen molar-refractivity contribution in [1.29, 1.82) is 0 Å². The van der Waals surface area contributed by atoms with Gasteiger partial charge in [0.2, 0.25) is 9.84 Å². The van der Waals surface area contributed by atoms with E-state index in [9.17, 15) is 16.8 Å². The molecule has 0 saturated carbocycles. The molecule has 4 nitrogen and oxygen atoms in total. The highest BCUT2D eigenvalue weighted by Crippen LogP contribution is 2.27. The van der Waals surface area contributed by atoms with Gasteiger partial charge < -0.3 is 0 Å². The van der Waals surface area contributed by atoms with E-state index in [2.05, 4.69) is 0 Å². The van der Waals surface area contributed by atoms with Crippen molar-refractivity contribution in [1.82, 2.24) is 0 Å². The van der Waals surface area contributed by atoms with Gasteiger partial charge in [-0.1, -0.05) is 17.7 Å². The molecule has 0 bridgehead atoms. The van der Waals surface area contributed by atoms with Gasteiger partial charge in [-0.25, -0.2) is 16.8 Å². The summed E-state index contributed by atoms with van der Waals surface area (Å²) in [5, 5.41) is 0.405. The summed E-state index contributed by atoms with van der Waals surface area (Å²) >= 11 is 5.72. The van der Waals surface area contributed by atoms with Gasteiger partial charge in [-0.05, 0) is 48.9 Å². The highest BCUT2D eigenvalue weighted by Gasteiger charge is 2.22. The minimum atomic E-state index is -4.02. The lowest BCUT2D eigenvalue weighted by molar-refractivity contribution is 0.595. The summed E-state index contributed by atoms with van der Waals surface area (Å²) in [5.74, 6) is 0. The first-order valence-electron chi connectivity index (χ1n) is 5.68. The fourth-order valence-corrected chi connectivity index (χ4v) is 4.47. The summed E-state index contributed by atoms with van der Waals surface area (Å²) in [6.45, 7) is 1.54. The smallest absolute Gasteiger partial charge is 0.219 e. The molecule has 0 fully saturated rings. The fourth-order valence-electron chi connectivity index (χ4n) is 1.76. The van der Waals surface area contributed by atoms with Gasteiger partial charge >= 0.3 is 0 Å². The van der Waals surface area contributed by atoms with Crippen LogP contribution < -0.4 is 0 Å². The maximum absolute atomic E-state index is 12.5. The Morgan fingerprint density at radius 3 is 1.90 bits per heavy atom. The Kier molecular flexibility index (Phi) is 4.35. The molecule has 0 aliphatic heterocycles. The molecule has 0 amide bonds. The van der Waals surface area contributed by atoms with Gasteiger partial charge in [0, 0.05) is 15.7 Å². The van der Waals surface area contributed by atoms with Crippen LogP contribution in [0.1, 0.15) is 5.56 Å². The van der Waals surface area contributed by atoms with Gasteiger partial charge in [-0.2, -0.15) is 0 Å². The minimum absolute atomic E-state index is 0.0219. The molecule has 0 unspecified atom stereocenters. The summed E-state index contributed by atoms with van der Waals surface area (Å²) in [4.78, 5) is -0.345. The van der Waals surface area contributed by atoms with E-state index in [4.69, 9.17) is 22.3 Å². The lowest BCUT2D eigenvalue weighted by Gasteiger charge is -2.08. The standard InChI is InChI=1S/C13H10Cl2O4S2/c1-9-2-5-12(8-13(9)21(15,18)19)20(16,17)11-6-3-10(14)4-7-11/h2-8H,1H3. The van der Waals surface area contributed by atoms with Crippen molar-refractivity contribution in [3.8, 4) is 0 Å². The maximum atomic E-state index is 12.5. The minimum Gasteiger partial charge on any atom is -0.219 e. The number of rotatable bonds is 3. The number of sulfone groups is 1. The van der Waals surface area contributed by atoms with Gasteiger partial charge in [0.05, 0.1) is 14.7 Å². The maximum Gasteiger partial charge on any atom is 0.261 e. The molecule has 0 saturated heterocycles. The van der Waals surface area contributed by atoms with E-state index in [0.29, 0.717) is 10.6 Å². The summed E-state index contributed by atoms with van der Waals surface area (Å²) in [6, 6.07) is 9.40. The number of hydrogen-bond donors (Lipinski definition) is 0. The summed E-state index contributed by atoms with van der Waals surface area (Å²) < 4.78 is 47.8. The molecule has 0 aromatic heterocycles. The van der Waals surface area contributed by atoms with Crippen LogP contribution in [0, 0.1) is 6.92 Å². The summed E-state index contributed by atoms with van der Waals surface area (Å²) in [5.41, 5.74) is 0.375. The number of halogens is 2. The Hall–Kier alpha value is -1.08. The molecule has 0 aliphatic rings. The van der Waals surface area contributed by atoms with Gasteiger partial charge in [0.25, 0.3) is 9.05 Å². The summed E-state index contributed by atoms with van der Waals surface area (Å²) in [7, 11) is -2.54. The van der Waals surface area contributed by atoms with Crippen LogP contribution in [0.2, 0.25) is 5.02 Å². The number of hydrogen-bond acceptors (Lipinski definition) is 4. The van der Waals surface area contributed by atoms with Crippen molar-refractivity contribution >= 4 is 41.2 Å². The average molecular weight is 365 g/mol. The first kappa shape index (κ1) is 16.3. The molecule has 2 aromatic carbocycles. The van der Waals surface area contributed by atoms with Crippen molar-refractivity contribution in [3.05, 3.63) is 53.1 Å². The van der Waals surface area contributed by atoms with Gasteiger partial charge in [-0.15, -0.1) is 0 Å². The quantitative estimate of drug-likeness (QED) is 0.782. The molecule has 21 heavy (non-hydrogen) atoms. The van der Waals surface area contributed by atoms with E-state index in [1.165, 1.54) is 43.3 Å². The van der Waals surface area contributed by atoms with E-state index in [1.807, 2.05) is 0 Å². The average Bonchev–Trinajstić information content (AvgIpc) is 2.38. The van der Waals surface area contributed by atoms with Crippen LogP contribution in [0.15, 0.2) is 57.2 Å². The van der Waals surface area contributed by atoms with E-state index in [1.54, 1.807) is 0 Å². The second-order valence-electron chi connectivity index (χ2n) is 4.32. The third kappa shape index (κ3) is 3.40. The zero-order valence-electron chi connectivity index (χ0n) is 10.7. The summed E-state index contributed by atoms with van der Waals surface area (Å²) in [6.07, 6.45) is 0. The zero-order chi connectivity index (χ0) is 15.8. The lowest BCUT2D eigenvalue weighted by Crippen LogP contribution is -2.04. The number of benzene rings is 2. The zero-order valence-corrected chi connectivity index (χ0v) is 13.9. The molecule has 2 rings (SSSR count). The Morgan fingerprint density at radius 2 is 1.38 bits per heavy atom. The second kappa shape index (κ2) is 5.61. The molecule has 0 heterocycles. The van der Waals surface area contributed by atoms with Crippen molar-refractivity contribution in [3.63, 3.8) is 0 Å². The highest BCUT2D eigenvalue weighted by molar-refractivity contribution is 8.13. The fraction of sp³-hybridized carbons (Fsp3) is 0.0769. The highest BCUT2D eigenvalue weighted by atomic mass is 35.7. The molecular formula is C13H10Cl2O4S2. The number of aryl methyl sites for hydroxylation is 1. The van der Waals surface area contributed by atoms with Crippen molar-refractivity contribution in [2.24, 2.45) is 0 Å². The van der Waals surface area contributed by atoms with E-state index >= 15 is 0 Å². The second-order valence-corrected chi connectivity index (χ2v) is 9.24. The Labute approximate surface area is 132 Å². The largest absolute Gasteiger partial charge is 0.261 e. The molecule has 0 aliphatic carbocycles. The third-order valence-corrected chi connectivity index (χ3v) is 6.34. The molecular weight excluding hydrogens is 355 g/mol. The predicted molar refractivity (Wildman–Crippen MR) is 81.1 cm³/mol. The van der Waals surface area contributed by atoms with Crippen LogP contribution in [0.25, 0.3) is 0 Å². The monoisotopic (exact) mass is 364 g/mol. The van der Waals surface area contributed by atoms with E-state index in [0.717, 1.165) is 6.07 Å². The Balaban J connectivity index is 2.64. The van der Waals surface area contributed by atoms with Crippen molar-refractivity contribution in [2.75, 3.05) is 0 Å². The normalized spacial score (nSPS) is 12.3. The van der Waals surface area contributed by atoms with Crippen molar-refractivity contribution in [2.45, 2.75) is 21.6 Å². The van der Waals surface area contributed by atoms with E-state index < -0.39 is 18.9 Å². The molecule has 0 atom stereocenters. The molecule has 112 valence electrons. The van der Waals surface area contributed by atoms with Gasteiger partial charge in [0.15, 0.2) is 0 Å². The SMILES string of the molecule is Cc1ccc(S(=O)(=O)c2ccc(Cl)cc2)cc1S(=O)(=O)Cl. The van der Waals surface area contributed by atoms with Crippen LogP contribution in [-0.2, 0) is 18.9 Å². The van der Waals surface area contributed by atoms with Crippen LogP contribution in [0.4, 0.5) is 0 Å².